The van der Waals surface area contributed by atoms with E-state index < -0.39 is 28.5 Å². The van der Waals surface area contributed by atoms with Crippen molar-refractivity contribution >= 4 is 62.5 Å². The zero-order chi connectivity index (χ0) is 32.4. The van der Waals surface area contributed by atoms with Crippen molar-refractivity contribution in [3.05, 3.63) is 82.3 Å². The van der Waals surface area contributed by atoms with Gasteiger partial charge in [0.15, 0.2) is 0 Å². The van der Waals surface area contributed by atoms with E-state index in [1.807, 2.05) is 27.0 Å². The number of carbonyl (C=O) groups is 2. The fourth-order valence-electron chi connectivity index (χ4n) is 4.49. The van der Waals surface area contributed by atoms with Crippen LogP contribution in [0, 0.1) is 0 Å². The number of benzene rings is 3. The predicted octanol–water partition coefficient (Wildman–Crippen LogP) is 7.03. The molecule has 0 bridgehead atoms. The number of carbonyl (C=O) groups excluding carboxylic acids is 2. The Morgan fingerprint density at radius 3 is 2.07 bits per heavy atom. The highest BCUT2D eigenvalue weighted by molar-refractivity contribution is 7.98. The molecular weight excluding hydrogens is 641 g/mol. The number of ether oxygens (including phenoxy) is 1. The van der Waals surface area contributed by atoms with Crippen LogP contribution in [-0.4, -0.2) is 56.6 Å². The number of sulfonamides is 1. The van der Waals surface area contributed by atoms with Crippen LogP contribution in [0.15, 0.2) is 76.5 Å². The third-order valence-corrected chi connectivity index (χ3v) is 10.4. The third kappa shape index (κ3) is 8.84. The highest BCUT2D eigenvalue weighted by atomic mass is 35.5. The smallest absolute Gasteiger partial charge is 0.264 e. The molecule has 3 aromatic rings. The summed E-state index contributed by atoms with van der Waals surface area (Å²) in [5.74, 6) is -0.376. The number of rotatable bonds is 15. The lowest BCUT2D eigenvalue weighted by Crippen LogP contribution is -2.53. The van der Waals surface area contributed by atoms with Crippen molar-refractivity contribution in [3.8, 4) is 5.75 Å². The quantitative estimate of drug-likeness (QED) is 0.173. The molecule has 2 amide bonds. The molecule has 238 valence electrons. The van der Waals surface area contributed by atoms with Gasteiger partial charge in [0, 0.05) is 33.1 Å². The summed E-state index contributed by atoms with van der Waals surface area (Å²) in [4.78, 5) is 30.0. The lowest BCUT2D eigenvalue weighted by atomic mass is 10.1. The molecule has 1 N–H and O–H groups in total. The first-order chi connectivity index (χ1) is 21.0. The zero-order valence-electron chi connectivity index (χ0n) is 25.5. The van der Waals surface area contributed by atoms with Crippen LogP contribution in [0.25, 0.3) is 0 Å². The SMILES string of the molecule is CCOc1ccc(N(CC(=O)N(Cc2c(Cl)cccc2Cl)[C@@H](CC)C(=O)N[C@H](C)CC)S(=O)(=O)c2ccc(SC)cc2)cc1. The summed E-state index contributed by atoms with van der Waals surface area (Å²) >= 11 is 14.5. The molecule has 0 saturated carbocycles. The summed E-state index contributed by atoms with van der Waals surface area (Å²) in [5.41, 5.74) is 0.727. The monoisotopic (exact) mass is 679 g/mol. The van der Waals surface area contributed by atoms with Crippen molar-refractivity contribution in [2.75, 3.05) is 23.7 Å². The number of hydrogen-bond donors (Lipinski definition) is 1. The van der Waals surface area contributed by atoms with E-state index in [4.69, 9.17) is 27.9 Å². The molecule has 12 heteroatoms. The first-order valence-electron chi connectivity index (χ1n) is 14.4. The molecule has 2 atom stereocenters. The van der Waals surface area contributed by atoms with E-state index in [1.54, 1.807) is 61.5 Å². The molecule has 0 aromatic heterocycles. The maximum atomic E-state index is 14.3. The summed E-state index contributed by atoms with van der Waals surface area (Å²) in [6, 6.07) is 16.9. The van der Waals surface area contributed by atoms with E-state index in [0.717, 1.165) is 9.20 Å². The molecule has 3 rings (SSSR count). The molecule has 0 spiro atoms. The van der Waals surface area contributed by atoms with Crippen LogP contribution >= 0.6 is 35.0 Å². The second-order valence-electron chi connectivity index (χ2n) is 10.1. The Balaban J connectivity index is 2.11. The number of nitrogens with one attached hydrogen (secondary N) is 1. The fourth-order valence-corrected chi connectivity index (χ4v) is 6.83. The van der Waals surface area contributed by atoms with E-state index in [2.05, 4.69) is 5.32 Å². The van der Waals surface area contributed by atoms with Crippen LogP contribution in [0.4, 0.5) is 5.69 Å². The minimum Gasteiger partial charge on any atom is -0.494 e. The van der Waals surface area contributed by atoms with Crippen LogP contribution in [-0.2, 0) is 26.2 Å². The van der Waals surface area contributed by atoms with Crippen LogP contribution in [0.3, 0.4) is 0 Å². The highest BCUT2D eigenvalue weighted by Gasteiger charge is 2.34. The van der Waals surface area contributed by atoms with Crippen molar-refractivity contribution in [1.82, 2.24) is 10.2 Å². The van der Waals surface area contributed by atoms with Crippen molar-refractivity contribution in [2.24, 2.45) is 0 Å². The fraction of sp³-hybridized carbons (Fsp3) is 0.375. The molecular formula is C32H39Cl2N3O5S2. The predicted molar refractivity (Wildman–Crippen MR) is 179 cm³/mol. The van der Waals surface area contributed by atoms with Crippen LogP contribution in [0.5, 0.6) is 5.75 Å². The minimum atomic E-state index is -4.21. The minimum absolute atomic E-state index is 0.0271. The molecule has 0 aliphatic carbocycles. The van der Waals surface area contributed by atoms with Gasteiger partial charge in [-0.05, 0) is 93.6 Å². The number of thioether (sulfide) groups is 1. The lowest BCUT2D eigenvalue weighted by Gasteiger charge is -2.34. The summed E-state index contributed by atoms with van der Waals surface area (Å²) in [7, 11) is -4.21. The van der Waals surface area contributed by atoms with Crippen molar-refractivity contribution in [2.45, 2.75) is 69.0 Å². The van der Waals surface area contributed by atoms with Crippen LogP contribution in [0.2, 0.25) is 10.0 Å². The Morgan fingerprint density at radius 2 is 1.55 bits per heavy atom. The Morgan fingerprint density at radius 1 is 0.932 bits per heavy atom. The van der Waals surface area contributed by atoms with Gasteiger partial charge in [-0.2, -0.15) is 0 Å². The maximum absolute atomic E-state index is 14.3. The molecule has 0 radical (unpaired) electrons. The molecule has 0 aliphatic heterocycles. The molecule has 44 heavy (non-hydrogen) atoms. The summed E-state index contributed by atoms with van der Waals surface area (Å²) in [6.07, 6.45) is 2.88. The summed E-state index contributed by atoms with van der Waals surface area (Å²) in [5, 5.41) is 3.62. The molecule has 0 heterocycles. The normalized spacial score (nSPS) is 12.7. The average molecular weight is 681 g/mol. The van der Waals surface area contributed by atoms with Crippen molar-refractivity contribution in [3.63, 3.8) is 0 Å². The van der Waals surface area contributed by atoms with Crippen LogP contribution < -0.4 is 14.4 Å². The number of anilines is 1. The van der Waals surface area contributed by atoms with Crippen LogP contribution in [0.1, 0.15) is 46.1 Å². The van der Waals surface area contributed by atoms with Gasteiger partial charge in [-0.25, -0.2) is 8.42 Å². The molecule has 0 unspecified atom stereocenters. The van der Waals surface area contributed by atoms with Gasteiger partial charge in [-0.15, -0.1) is 11.8 Å². The second-order valence-corrected chi connectivity index (χ2v) is 13.6. The number of amides is 2. The van der Waals surface area contributed by atoms with Gasteiger partial charge in [-0.3, -0.25) is 13.9 Å². The Kier molecular flexibility index (Phi) is 13.3. The summed E-state index contributed by atoms with van der Waals surface area (Å²) in [6.45, 7) is 7.25. The maximum Gasteiger partial charge on any atom is 0.264 e. The van der Waals surface area contributed by atoms with Gasteiger partial charge in [0.25, 0.3) is 10.0 Å². The van der Waals surface area contributed by atoms with E-state index in [-0.39, 0.29) is 35.5 Å². The van der Waals surface area contributed by atoms with E-state index in [0.29, 0.717) is 34.4 Å². The van der Waals surface area contributed by atoms with Crippen molar-refractivity contribution < 1.29 is 22.7 Å². The van der Waals surface area contributed by atoms with E-state index in [1.165, 1.54) is 28.8 Å². The third-order valence-electron chi connectivity index (χ3n) is 7.14. The molecule has 0 saturated heterocycles. The Bertz CT molecular complexity index is 1500. The molecule has 0 fully saturated rings. The first kappa shape index (κ1) is 35.6. The van der Waals surface area contributed by atoms with Crippen molar-refractivity contribution in [1.29, 1.82) is 0 Å². The molecule has 0 aliphatic rings. The highest BCUT2D eigenvalue weighted by Crippen LogP contribution is 2.30. The standard InChI is InChI=1S/C32H39Cl2N3O5S2/c1-6-22(4)35-32(39)30(7-2)36(20-27-28(33)10-9-11-29(27)34)31(38)21-37(23-12-14-24(15-13-23)42-8-3)44(40,41)26-18-16-25(43-5)17-19-26/h9-19,22,30H,6-8,20-21H2,1-5H3,(H,35,39)/t22-,30+/m1/s1. The second kappa shape index (κ2) is 16.4. The zero-order valence-corrected chi connectivity index (χ0v) is 28.7. The number of nitrogens with zero attached hydrogens (tertiary/aromatic N) is 2. The number of halogens is 2. The van der Waals surface area contributed by atoms with Gasteiger partial charge in [0.05, 0.1) is 17.2 Å². The van der Waals surface area contributed by atoms with Gasteiger partial charge < -0.3 is 15.0 Å². The van der Waals surface area contributed by atoms with E-state index >= 15 is 0 Å². The van der Waals surface area contributed by atoms with Gasteiger partial charge >= 0.3 is 0 Å². The topological polar surface area (TPSA) is 96.0 Å². The molecule has 8 nitrogen and oxygen atoms in total. The first-order valence-corrected chi connectivity index (χ1v) is 17.8. The van der Waals surface area contributed by atoms with E-state index in [9.17, 15) is 18.0 Å². The van der Waals surface area contributed by atoms with Gasteiger partial charge in [0.1, 0.15) is 18.3 Å². The Labute approximate surface area is 275 Å². The summed E-state index contributed by atoms with van der Waals surface area (Å²) < 4.78 is 34.8. The molecule has 3 aromatic carbocycles. The average Bonchev–Trinajstić information content (AvgIpc) is 3.01. The van der Waals surface area contributed by atoms with Gasteiger partial charge in [-0.1, -0.05) is 43.1 Å². The lowest BCUT2D eigenvalue weighted by molar-refractivity contribution is -0.140. The Hall–Kier alpha value is -2.92. The largest absolute Gasteiger partial charge is 0.494 e. The van der Waals surface area contributed by atoms with Gasteiger partial charge in [0.2, 0.25) is 11.8 Å². The number of hydrogen-bond acceptors (Lipinski definition) is 6.